The Kier molecular flexibility index (Phi) is 5.67. The van der Waals surface area contributed by atoms with Crippen molar-refractivity contribution in [3.8, 4) is 11.1 Å². The van der Waals surface area contributed by atoms with Crippen molar-refractivity contribution in [3.63, 3.8) is 0 Å². The third-order valence-electron chi connectivity index (χ3n) is 3.33. The summed E-state index contributed by atoms with van der Waals surface area (Å²) < 4.78 is 65.7. The van der Waals surface area contributed by atoms with Crippen LogP contribution in [0, 0.1) is 21.0 Å². The first kappa shape index (κ1) is 20.0. The fourth-order valence-electron chi connectivity index (χ4n) is 2.18. The predicted octanol–water partition coefficient (Wildman–Crippen LogP) is 3.67. The lowest BCUT2D eigenvalue weighted by Gasteiger charge is -2.12. The molecule has 0 radical (unpaired) electrons. The molecule has 0 fully saturated rings. The van der Waals surface area contributed by atoms with Crippen molar-refractivity contribution in [2.24, 2.45) is 0 Å². The van der Waals surface area contributed by atoms with E-state index in [4.69, 9.17) is 0 Å². The van der Waals surface area contributed by atoms with Crippen molar-refractivity contribution in [3.05, 3.63) is 42.5 Å². The minimum atomic E-state index is -4.42. The van der Waals surface area contributed by atoms with E-state index < -0.39 is 20.2 Å². The van der Waals surface area contributed by atoms with E-state index in [-0.39, 0.29) is 9.79 Å². The molecular weight excluding hydrogens is 582 g/mol. The summed E-state index contributed by atoms with van der Waals surface area (Å²) >= 11 is 3.64. The highest BCUT2D eigenvalue weighted by atomic mass is 127. The van der Waals surface area contributed by atoms with Gasteiger partial charge in [-0.05, 0) is 93.4 Å². The lowest BCUT2D eigenvalue weighted by Crippen LogP contribution is -2.05. The maximum atomic E-state index is 11.6. The van der Waals surface area contributed by atoms with Gasteiger partial charge < -0.3 is 0 Å². The molecule has 6 nitrogen and oxygen atoms in total. The quantitative estimate of drug-likeness (QED) is 0.415. The molecule has 130 valence electrons. The van der Waals surface area contributed by atoms with Gasteiger partial charge in [0.2, 0.25) is 0 Å². The summed E-state index contributed by atoms with van der Waals surface area (Å²) in [5.41, 5.74) is 2.07. The molecule has 2 aromatic rings. The van der Waals surface area contributed by atoms with Crippen LogP contribution in [0.4, 0.5) is 0 Å². The van der Waals surface area contributed by atoms with Crippen molar-refractivity contribution >= 4 is 65.4 Å². The van der Waals surface area contributed by atoms with Crippen LogP contribution < -0.4 is 0 Å². The van der Waals surface area contributed by atoms with Gasteiger partial charge in [-0.2, -0.15) is 16.8 Å². The fraction of sp³-hybridized carbons (Fsp3) is 0.143. The van der Waals surface area contributed by atoms with Gasteiger partial charge >= 0.3 is 0 Å². The summed E-state index contributed by atoms with van der Waals surface area (Å²) in [4.78, 5) is -0.495. The summed E-state index contributed by atoms with van der Waals surface area (Å²) in [5.74, 6) is 0. The van der Waals surface area contributed by atoms with Gasteiger partial charge in [-0.3, -0.25) is 9.11 Å². The van der Waals surface area contributed by atoms with E-state index in [0.717, 1.165) is 0 Å². The molecular formula is C14H12I2O6S2. The molecule has 0 aromatic heterocycles. The van der Waals surface area contributed by atoms with Crippen LogP contribution in [0.3, 0.4) is 0 Å². The summed E-state index contributed by atoms with van der Waals surface area (Å²) in [6, 6.07) is 5.93. The van der Waals surface area contributed by atoms with Crippen molar-refractivity contribution in [1.29, 1.82) is 0 Å². The summed E-state index contributed by atoms with van der Waals surface area (Å²) in [6.45, 7) is 3.37. The second-order valence-electron chi connectivity index (χ2n) is 5.16. The van der Waals surface area contributed by atoms with Crippen LogP contribution in [0.25, 0.3) is 11.1 Å². The average molecular weight is 594 g/mol. The molecule has 0 aliphatic carbocycles. The number of aryl methyl sites for hydroxylation is 2. The lowest BCUT2D eigenvalue weighted by atomic mass is 10.0. The van der Waals surface area contributed by atoms with Crippen LogP contribution in [0.1, 0.15) is 11.1 Å². The third kappa shape index (κ3) is 4.09. The van der Waals surface area contributed by atoms with Crippen molar-refractivity contribution in [2.45, 2.75) is 23.6 Å². The number of hydrogen-bond acceptors (Lipinski definition) is 4. The summed E-state index contributed by atoms with van der Waals surface area (Å²) in [6.07, 6.45) is 0. The predicted molar refractivity (Wildman–Crippen MR) is 106 cm³/mol. The van der Waals surface area contributed by atoms with Crippen molar-refractivity contribution in [2.75, 3.05) is 0 Å². The van der Waals surface area contributed by atoms with E-state index in [9.17, 15) is 25.9 Å². The maximum absolute atomic E-state index is 11.6. The molecule has 0 saturated carbocycles. The Morgan fingerprint density at radius 1 is 0.708 bits per heavy atom. The molecule has 0 bridgehead atoms. The van der Waals surface area contributed by atoms with Gasteiger partial charge in [-0.15, -0.1) is 0 Å². The first-order valence-electron chi connectivity index (χ1n) is 6.38. The normalized spacial score (nSPS) is 12.4. The van der Waals surface area contributed by atoms with Gasteiger partial charge in [0.25, 0.3) is 20.2 Å². The maximum Gasteiger partial charge on any atom is 0.295 e. The van der Waals surface area contributed by atoms with Crippen molar-refractivity contribution in [1.82, 2.24) is 0 Å². The second-order valence-corrected chi connectivity index (χ2v) is 10.1. The Balaban J connectivity index is 2.84. The topological polar surface area (TPSA) is 109 Å². The van der Waals surface area contributed by atoms with E-state index in [0.29, 0.717) is 29.4 Å². The minimum absolute atomic E-state index is 0.247. The van der Waals surface area contributed by atoms with Gasteiger partial charge in [0.05, 0.1) is 0 Å². The van der Waals surface area contributed by atoms with Crippen molar-refractivity contribution < 1.29 is 25.9 Å². The van der Waals surface area contributed by atoms with E-state index >= 15 is 0 Å². The number of hydrogen-bond donors (Lipinski definition) is 2. The molecule has 0 atom stereocenters. The van der Waals surface area contributed by atoms with Crippen LogP contribution in [-0.2, 0) is 20.2 Å². The van der Waals surface area contributed by atoms with E-state index in [2.05, 4.69) is 0 Å². The zero-order valence-electron chi connectivity index (χ0n) is 12.4. The molecule has 0 amide bonds. The monoisotopic (exact) mass is 594 g/mol. The molecule has 2 aromatic carbocycles. The van der Waals surface area contributed by atoms with E-state index in [1.165, 1.54) is 12.1 Å². The summed E-state index contributed by atoms with van der Waals surface area (Å²) in [7, 11) is -8.84. The molecule has 0 spiro atoms. The van der Waals surface area contributed by atoms with Gasteiger partial charge in [0.15, 0.2) is 0 Å². The lowest BCUT2D eigenvalue weighted by molar-refractivity contribution is 0.480. The first-order valence-corrected chi connectivity index (χ1v) is 11.4. The molecule has 2 N–H and O–H groups in total. The third-order valence-corrected chi connectivity index (χ3v) is 8.68. The van der Waals surface area contributed by atoms with Crippen LogP contribution in [0.5, 0.6) is 0 Å². The van der Waals surface area contributed by atoms with Gasteiger partial charge in [0.1, 0.15) is 9.79 Å². The van der Waals surface area contributed by atoms with E-state index in [1.54, 1.807) is 26.0 Å². The Morgan fingerprint density at radius 2 is 1.00 bits per heavy atom. The molecule has 0 aliphatic rings. The Bertz CT molecular complexity index is 958. The number of halogens is 2. The van der Waals surface area contributed by atoms with Crippen LogP contribution in [0.15, 0.2) is 34.1 Å². The number of benzene rings is 2. The molecule has 24 heavy (non-hydrogen) atoms. The first-order chi connectivity index (χ1) is 10.8. The minimum Gasteiger partial charge on any atom is -0.282 e. The van der Waals surface area contributed by atoms with Crippen LogP contribution >= 0.6 is 45.2 Å². The molecule has 0 aliphatic heterocycles. The Hall–Kier alpha value is -0.280. The molecule has 2 rings (SSSR count). The van der Waals surface area contributed by atoms with Crippen LogP contribution in [0.2, 0.25) is 0 Å². The SMILES string of the molecule is Cc1cc(-c2cc(C)c(I)c(S(=O)(=O)O)c2)cc(S(=O)(=O)O)c1I. The largest absolute Gasteiger partial charge is 0.295 e. The zero-order chi connectivity index (χ0) is 18.4. The second kappa shape index (κ2) is 6.79. The fourth-order valence-corrected chi connectivity index (χ4v) is 5.80. The number of rotatable bonds is 3. The van der Waals surface area contributed by atoms with E-state index in [1.807, 2.05) is 45.2 Å². The Morgan fingerprint density at radius 3 is 1.25 bits per heavy atom. The highest BCUT2D eigenvalue weighted by Crippen LogP contribution is 2.33. The zero-order valence-corrected chi connectivity index (χ0v) is 18.4. The van der Waals surface area contributed by atoms with Gasteiger partial charge in [-0.25, -0.2) is 0 Å². The molecule has 0 saturated heterocycles. The average Bonchev–Trinajstić information content (AvgIpc) is 2.41. The van der Waals surface area contributed by atoms with Gasteiger partial charge in [-0.1, -0.05) is 12.1 Å². The summed E-state index contributed by atoms with van der Waals surface area (Å²) in [5, 5.41) is 0. The molecule has 0 heterocycles. The van der Waals surface area contributed by atoms with Crippen LogP contribution in [-0.4, -0.2) is 25.9 Å². The molecule has 0 unspecified atom stereocenters. The van der Waals surface area contributed by atoms with Gasteiger partial charge in [0, 0.05) is 7.14 Å². The highest BCUT2D eigenvalue weighted by molar-refractivity contribution is 14.1. The Labute approximate surface area is 167 Å². The molecule has 10 heteroatoms. The smallest absolute Gasteiger partial charge is 0.282 e. The standard InChI is InChI=1S/C14H12I2O6S2/c1-7-3-9(5-11(13(7)15)23(17,18)19)10-4-8(2)14(16)12(6-10)24(20,21)22/h3-6H,1-2H3,(H,17,18,19)(H,20,21,22). The highest BCUT2D eigenvalue weighted by Gasteiger charge is 2.21.